The molecule has 0 bridgehead atoms. The first-order chi connectivity index (χ1) is 7.02. The summed E-state index contributed by atoms with van der Waals surface area (Å²) in [5.41, 5.74) is 5.58. The highest BCUT2D eigenvalue weighted by Gasteiger charge is 2.18. The molecule has 15 heavy (non-hydrogen) atoms. The van der Waals surface area contributed by atoms with Gasteiger partial charge in [0.2, 0.25) is 5.91 Å². The van der Waals surface area contributed by atoms with E-state index in [4.69, 9.17) is 5.73 Å². The van der Waals surface area contributed by atoms with E-state index < -0.39 is 0 Å². The summed E-state index contributed by atoms with van der Waals surface area (Å²) in [4.78, 5) is 15.4. The van der Waals surface area contributed by atoms with Gasteiger partial charge in [0.05, 0.1) is 5.92 Å². The second-order valence-corrected chi connectivity index (χ2v) is 3.51. The molecule has 4 N–H and O–H groups in total. The molecule has 0 aliphatic carbocycles. The molecule has 1 heterocycles. The Bertz CT molecular complexity index is 352. The third-order valence-electron chi connectivity index (χ3n) is 2.23. The number of aromatic hydroxyl groups is 1. The maximum Gasteiger partial charge on any atom is 0.230 e. The van der Waals surface area contributed by atoms with Gasteiger partial charge in [0, 0.05) is 12.2 Å². The Kier molecular flexibility index (Phi) is 3.62. The Labute approximate surface area is 88.3 Å². The quantitative estimate of drug-likeness (QED) is 0.684. The Morgan fingerprint density at radius 2 is 2.27 bits per heavy atom. The zero-order valence-electron chi connectivity index (χ0n) is 8.77. The number of rotatable bonds is 3. The van der Waals surface area contributed by atoms with Gasteiger partial charge in [-0.15, -0.1) is 0 Å². The molecule has 2 atom stereocenters. The van der Waals surface area contributed by atoms with E-state index in [1.807, 2.05) is 0 Å². The highest BCUT2D eigenvalue weighted by atomic mass is 16.3. The van der Waals surface area contributed by atoms with Crippen molar-refractivity contribution >= 4 is 11.7 Å². The van der Waals surface area contributed by atoms with Gasteiger partial charge in [-0.25, -0.2) is 4.98 Å². The Hall–Kier alpha value is -1.62. The highest BCUT2D eigenvalue weighted by Crippen LogP contribution is 2.19. The third kappa shape index (κ3) is 2.92. The highest BCUT2D eigenvalue weighted by molar-refractivity contribution is 5.92. The number of nitrogens with two attached hydrogens (primary N) is 1. The summed E-state index contributed by atoms with van der Waals surface area (Å²) in [5.74, 6) is -0.469. The summed E-state index contributed by atoms with van der Waals surface area (Å²) in [6, 6.07) is 2.80. The molecule has 0 aliphatic rings. The minimum atomic E-state index is -0.327. The number of carbonyl (C=O) groups excluding carboxylic acids is 1. The average Bonchev–Trinajstić information content (AvgIpc) is 2.20. The fourth-order valence-corrected chi connectivity index (χ4v) is 0.962. The van der Waals surface area contributed by atoms with Crippen molar-refractivity contribution in [2.45, 2.75) is 19.9 Å². The first-order valence-corrected chi connectivity index (χ1v) is 4.72. The van der Waals surface area contributed by atoms with Gasteiger partial charge in [-0.3, -0.25) is 4.79 Å². The van der Waals surface area contributed by atoms with Crippen molar-refractivity contribution in [1.82, 2.24) is 4.98 Å². The number of hydrogen-bond acceptors (Lipinski definition) is 4. The van der Waals surface area contributed by atoms with E-state index >= 15 is 0 Å². The smallest absolute Gasteiger partial charge is 0.230 e. The van der Waals surface area contributed by atoms with Crippen LogP contribution in [-0.4, -0.2) is 22.0 Å². The van der Waals surface area contributed by atoms with Crippen molar-refractivity contribution in [3.8, 4) is 5.75 Å². The molecule has 1 aromatic rings. The van der Waals surface area contributed by atoms with Gasteiger partial charge < -0.3 is 16.2 Å². The zero-order chi connectivity index (χ0) is 11.4. The van der Waals surface area contributed by atoms with Gasteiger partial charge in [-0.2, -0.15) is 0 Å². The van der Waals surface area contributed by atoms with Crippen molar-refractivity contribution in [2.24, 2.45) is 11.7 Å². The van der Waals surface area contributed by atoms with Crippen LogP contribution in [0, 0.1) is 5.92 Å². The second kappa shape index (κ2) is 4.75. The minimum absolute atomic E-state index is 0.0530. The number of nitrogens with zero attached hydrogens (tertiary/aromatic N) is 1. The maximum atomic E-state index is 11.6. The largest absolute Gasteiger partial charge is 0.504 e. The first kappa shape index (κ1) is 11.5. The van der Waals surface area contributed by atoms with Crippen LogP contribution in [0.3, 0.4) is 0 Å². The monoisotopic (exact) mass is 209 g/mol. The van der Waals surface area contributed by atoms with Gasteiger partial charge in [0.25, 0.3) is 0 Å². The van der Waals surface area contributed by atoms with E-state index in [1.165, 1.54) is 12.3 Å². The summed E-state index contributed by atoms with van der Waals surface area (Å²) in [6.07, 6.45) is 1.49. The van der Waals surface area contributed by atoms with Crippen molar-refractivity contribution < 1.29 is 9.90 Å². The van der Waals surface area contributed by atoms with Crippen LogP contribution in [0.15, 0.2) is 18.3 Å². The summed E-state index contributed by atoms with van der Waals surface area (Å²) in [6.45, 7) is 3.47. The standard InChI is InChI=1S/C10H15N3O2/c1-6(7(2)11)10(15)13-9-8(14)4-3-5-12-9/h3-7,14H,11H2,1-2H3,(H,12,13,15)/t6-,7+/m1/s1. The lowest BCUT2D eigenvalue weighted by atomic mass is 10.0. The van der Waals surface area contributed by atoms with Gasteiger partial charge in [-0.1, -0.05) is 6.92 Å². The van der Waals surface area contributed by atoms with Crippen LogP contribution in [0.4, 0.5) is 5.82 Å². The molecule has 0 unspecified atom stereocenters. The lowest BCUT2D eigenvalue weighted by Crippen LogP contribution is -2.34. The number of amides is 1. The normalized spacial score (nSPS) is 14.3. The number of pyridine rings is 1. The van der Waals surface area contributed by atoms with Crippen LogP contribution < -0.4 is 11.1 Å². The van der Waals surface area contributed by atoms with Crippen molar-refractivity contribution in [2.75, 3.05) is 5.32 Å². The number of carbonyl (C=O) groups is 1. The predicted molar refractivity (Wildman–Crippen MR) is 57.3 cm³/mol. The number of aromatic nitrogens is 1. The molecule has 1 aromatic heterocycles. The van der Waals surface area contributed by atoms with E-state index in [1.54, 1.807) is 19.9 Å². The Morgan fingerprint density at radius 3 is 2.80 bits per heavy atom. The molecule has 0 radical (unpaired) electrons. The van der Waals surface area contributed by atoms with E-state index in [0.29, 0.717) is 0 Å². The van der Waals surface area contributed by atoms with E-state index in [0.717, 1.165) is 0 Å². The van der Waals surface area contributed by atoms with Crippen molar-refractivity contribution in [3.05, 3.63) is 18.3 Å². The molecule has 0 saturated carbocycles. The SMILES string of the molecule is C[C@H](N)[C@@H](C)C(=O)Nc1ncccc1O. The predicted octanol–water partition coefficient (Wildman–Crippen LogP) is 0.709. The molecule has 1 rings (SSSR count). The number of nitrogens with one attached hydrogen (secondary N) is 1. The molecule has 0 aromatic carbocycles. The van der Waals surface area contributed by atoms with Crippen molar-refractivity contribution in [3.63, 3.8) is 0 Å². The van der Waals surface area contributed by atoms with Crippen LogP contribution in [0.5, 0.6) is 5.75 Å². The lowest BCUT2D eigenvalue weighted by molar-refractivity contribution is -0.119. The van der Waals surface area contributed by atoms with Gasteiger partial charge in [-0.05, 0) is 19.1 Å². The second-order valence-electron chi connectivity index (χ2n) is 3.51. The molecule has 0 aliphatic heterocycles. The van der Waals surface area contributed by atoms with Crippen LogP contribution >= 0.6 is 0 Å². The third-order valence-corrected chi connectivity index (χ3v) is 2.23. The van der Waals surface area contributed by atoms with Crippen LogP contribution in [-0.2, 0) is 4.79 Å². The zero-order valence-corrected chi connectivity index (χ0v) is 8.77. The Balaban J connectivity index is 2.71. The van der Waals surface area contributed by atoms with Crippen LogP contribution in [0.25, 0.3) is 0 Å². The minimum Gasteiger partial charge on any atom is -0.504 e. The van der Waals surface area contributed by atoms with Gasteiger partial charge >= 0.3 is 0 Å². The fraction of sp³-hybridized carbons (Fsp3) is 0.400. The van der Waals surface area contributed by atoms with Crippen molar-refractivity contribution in [1.29, 1.82) is 0 Å². The molecular formula is C10H15N3O2. The molecule has 0 spiro atoms. The van der Waals surface area contributed by atoms with Crippen LogP contribution in [0.2, 0.25) is 0 Å². The van der Waals surface area contributed by atoms with E-state index in [9.17, 15) is 9.90 Å². The average molecular weight is 209 g/mol. The number of hydrogen-bond donors (Lipinski definition) is 3. The molecule has 5 heteroatoms. The lowest BCUT2D eigenvalue weighted by Gasteiger charge is -2.15. The Morgan fingerprint density at radius 1 is 1.60 bits per heavy atom. The maximum absolute atomic E-state index is 11.6. The first-order valence-electron chi connectivity index (χ1n) is 4.72. The summed E-state index contributed by atoms with van der Waals surface area (Å²) in [5, 5.41) is 11.9. The molecule has 0 saturated heterocycles. The van der Waals surface area contributed by atoms with E-state index in [2.05, 4.69) is 10.3 Å². The summed E-state index contributed by atoms with van der Waals surface area (Å²) < 4.78 is 0. The topological polar surface area (TPSA) is 88.2 Å². The molecule has 0 fully saturated rings. The number of anilines is 1. The fourth-order valence-electron chi connectivity index (χ4n) is 0.962. The molecule has 82 valence electrons. The van der Waals surface area contributed by atoms with Gasteiger partial charge in [0.15, 0.2) is 11.6 Å². The summed E-state index contributed by atoms with van der Waals surface area (Å²) >= 11 is 0. The van der Waals surface area contributed by atoms with E-state index in [-0.39, 0.29) is 29.4 Å². The van der Waals surface area contributed by atoms with Crippen LogP contribution in [0.1, 0.15) is 13.8 Å². The molecule has 5 nitrogen and oxygen atoms in total. The molecule has 1 amide bonds. The summed E-state index contributed by atoms with van der Waals surface area (Å²) in [7, 11) is 0. The molecular weight excluding hydrogens is 194 g/mol. The van der Waals surface area contributed by atoms with Gasteiger partial charge in [0.1, 0.15) is 0 Å².